The van der Waals surface area contributed by atoms with Crippen LogP contribution in [0.3, 0.4) is 0 Å². The second-order valence-corrected chi connectivity index (χ2v) is 7.40. The molecule has 0 unspecified atom stereocenters. The summed E-state index contributed by atoms with van der Waals surface area (Å²) >= 11 is 13.3. The number of benzene rings is 2. The molecule has 28 heavy (non-hydrogen) atoms. The van der Waals surface area contributed by atoms with Crippen molar-refractivity contribution in [3.8, 4) is 11.8 Å². The van der Waals surface area contributed by atoms with E-state index in [2.05, 4.69) is 5.32 Å². The van der Waals surface area contributed by atoms with Gasteiger partial charge in [0.15, 0.2) is 6.61 Å². The maximum atomic E-state index is 12.3. The molecule has 1 heterocycles. The van der Waals surface area contributed by atoms with Gasteiger partial charge in [-0.15, -0.1) is 11.3 Å². The average Bonchev–Trinajstić information content (AvgIpc) is 3.02. The number of nitrogens with zero attached hydrogens (tertiary/aromatic N) is 1. The molecule has 0 aliphatic heterocycles. The second-order valence-electron chi connectivity index (χ2n) is 5.53. The summed E-state index contributed by atoms with van der Waals surface area (Å²) in [6.07, 6.45) is 0. The number of nitrogens with one attached hydrogen (secondary N) is 1. The predicted molar refractivity (Wildman–Crippen MR) is 108 cm³/mol. The van der Waals surface area contributed by atoms with Gasteiger partial charge in [0.05, 0.1) is 23.4 Å². The number of thiophene rings is 1. The van der Waals surface area contributed by atoms with Crippen LogP contribution in [-0.2, 0) is 9.53 Å². The molecule has 0 spiro atoms. The Hall–Kier alpha value is -2.79. The second kappa shape index (κ2) is 8.48. The Labute approximate surface area is 174 Å². The molecule has 1 N–H and O–H groups in total. The summed E-state index contributed by atoms with van der Waals surface area (Å²) in [6.45, 7) is -0.538. The van der Waals surface area contributed by atoms with Crippen LogP contribution >= 0.6 is 34.5 Å². The number of ether oxygens (including phenoxy) is 2. The van der Waals surface area contributed by atoms with E-state index in [0.717, 1.165) is 16.0 Å². The zero-order valence-electron chi connectivity index (χ0n) is 14.4. The van der Waals surface area contributed by atoms with Gasteiger partial charge in [-0.25, -0.2) is 4.79 Å². The van der Waals surface area contributed by atoms with Crippen molar-refractivity contribution in [2.24, 2.45) is 0 Å². The van der Waals surface area contributed by atoms with Crippen LogP contribution in [0.5, 0.6) is 5.75 Å². The van der Waals surface area contributed by atoms with Crippen molar-refractivity contribution in [1.29, 1.82) is 5.26 Å². The number of amides is 1. The maximum Gasteiger partial charge on any atom is 0.350 e. The number of rotatable bonds is 5. The third kappa shape index (κ3) is 4.20. The highest BCUT2D eigenvalue weighted by Gasteiger charge is 2.20. The molecule has 3 aromatic rings. The zero-order chi connectivity index (χ0) is 20.3. The lowest BCUT2D eigenvalue weighted by atomic mass is 10.2. The minimum Gasteiger partial charge on any atom is -0.497 e. The van der Waals surface area contributed by atoms with Crippen LogP contribution in [0.15, 0.2) is 36.4 Å². The van der Waals surface area contributed by atoms with E-state index in [1.165, 1.54) is 18.2 Å². The molecule has 0 saturated carbocycles. The highest BCUT2D eigenvalue weighted by molar-refractivity contribution is 7.21. The summed E-state index contributed by atoms with van der Waals surface area (Å²) in [5, 5.41) is 12.9. The number of methoxy groups -OCH3 is 1. The number of esters is 1. The monoisotopic (exact) mass is 434 g/mol. The fourth-order valence-corrected chi connectivity index (χ4v) is 4.01. The van der Waals surface area contributed by atoms with Gasteiger partial charge < -0.3 is 14.8 Å². The third-order valence-corrected chi connectivity index (χ3v) is 5.60. The Morgan fingerprint density at radius 2 is 2.00 bits per heavy atom. The van der Waals surface area contributed by atoms with Crippen LogP contribution in [0.2, 0.25) is 10.0 Å². The highest BCUT2D eigenvalue weighted by atomic mass is 35.5. The van der Waals surface area contributed by atoms with Crippen molar-refractivity contribution in [2.75, 3.05) is 19.0 Å². The van der Waals surface area contributed by atoms with Crippen molar-refractivity contribution in [3.63, 3.8) is 0 Å². The van der Waals surface area contributed by atoms with Gasteiger partial charge in [-0.05, 0) is 36.4 Å². The van der Waals surface area contributed by atoms with Crippen molar-refractivity contribution >= 4 is 62.2 Å². The molecular formula is C19H12Cl2N2O4S. The van der Waals surface area contributed by atoms with Crippen molar-refractivity contribution in [1.82, 2.24) is 0 Å². The molecule has 0 radical (unpaired) electrons. The molecule has 6 nitrogen and oxygen atoms in total. The Morgan fingerprint density at radius 1 is 1.21 bits per heavy atom. The number of hydrogen-bond acceptors (Lipinski definition) is 6. The van der Waals surface area contributed by atoms with E-state index in [1.807, 2.05) is 6.07 Å². The summed E-state index contributed by atoms with van der Waals surface area (Å²) < 4.78 is 11.0. The SMILES string of the molecule is COc1ccc2c(Cl)c(C(=O)OCC(=O)Nc3cc(Cl)ccc3C#N)sc2c1. The van der Waals surface area contributed by atoms with E-state index < -0.39 is 18.5 Å². The quantitative estimate of drug-likeness (QED) is 0.577. The maximum absolute atomic E-state index is 12.3. The van der Waals surface area contributed by atoms with Gasteiger partial charge in [0.2, 0.25) is 0 Å². The molecule has 0 saturated heterocycles. The molecule has 3 rings (SSSR count). The fourth-order valence-electron chi connectivity index (χ4n) is 2.40. The van der Waals surface area contributed by atoms with E-state index in [-0.39, 0.29) is 21.2 Å². The van der Waals surface area contributed by atoms with E-state index in [0.29, 0.717) is 16.2 Å². The molecule has 142 valence electrons. The number of nitriles is 1. The predicted octanol–water partition coefficient (Wildman–Crippen LogP) is 4.88. The molecule has 0 bridgehead atoms. The first-order valence-corrected chi connectivity index (χ1v) is 9.43. The minimum absolute atomic E-state index is 0.193. The number of anilines is 1. The highest BCUT2D eigenvalue weighted by Crippen LogP contribution is 2.37. The van der Waals surface area contributed by atoms with Crippen LogP contribution in [0, 0.1) is 11.3 Å². The minimum atomic E-state index is -0.716. The summed E-state index contributed by atoms with van der Waals surface area (Å²) in [5.41, 5.74) is 0.480. The standard InChI is InChI=1S/C19H12Cl2N2O4S/c1-26-12-4-5-13-15(7-12)28-18(17(13)21)19(25)27-9-16(24)23-14-6-11(20)3-2-10(14)8-22/h2-7H,9H2,1H3,(H,23,24). The normalized spacial score (nSPS) is 10.4. The molecule has 0 aliphatic carbocycles. The molecular weight excluding hydrogens is 423 g/mol. The Balaban J connectivity index is 1.70. The van der Waals surface area contributed by atoms with Gasteiger partial charge in [-0.1, -0.05) is 23.2 Å². The average molecular weight is 435 g/mol. The van der Waals surface area contributed by atoms with Crippen molar-refractivity contribution in [2.45, 2.75) is 0 Å². The lowest BCUT2D eigenvalue weighted by molar-refractivity contribution is -0.119. The molecule has 1 amide bonds. The number of hydrogen-bond donors (Lipinski definition) is 1. The number of carbonyl (C=O) groups is 2. The molecule has 0 fully saturated rings. The van der Waals surface area contributed by atoms with Crippen LogP contribution in [0.25, 0.3) is 10.1 Å². The topological polar surface area (TPSA) is 88.4 Å². The molecule has 9 heteroatoms. The largest absolute Gasteiger partial charge is 0.497 e. The lowest BCUT2D eigenvalue weighted by Gasteiger charge is -2.08. The third-order valence-electron chi connectivity index (χ3n) is 3.73. The Morgan fingerprint density at radius 3 is 2.71 bits per heavy atom. The zero-order valence-corrected chi connectivity index (χ0v) is 16.7. The van der Waals surface area contributed by atoms with Gasteiger partial charge in [0.25, 0.3) is 5.91 Å². The van der Waals surface area contributed by atoms with Crippen LogP contribution in [0.4, 0.5) is 5.69 Å². The smallest absolute Gasteiger partial charge is 0.350 e. The van der Waals surface area contributed by atoms with Gasteiger partial charge in [0.1, 0.15) is 16.7 Å². The first-order chi connectivity index (χ1) is 13.4. The number of fused-ring (bicyclic) bond motifs is 1. The molecule has 0 aliphatic rings. The van der Waals surface area contributed by atoms with E-state index >= 15 is 0 Å². The van der Waals surface area contributed by atoms with E-state index in [4.69, 9.17) is 37.9 Å². The van der Waals surface area contributed by atoms with E-state index in [9.17, 15) is 9.59 Å². The Bertz CT molecular complexity index is 1120. The summed E-state index contributed by atoms with van der Waals surface area (Å²) in [4.78, 5) is 24.6. The molecule has 0 atom stereocenters. The summed E-state index contributed by atoms with van der Waals surface area (Å²) in [5.74, 6) is -0.683. The fraction of sp³-hybridized carbons (Fsp3) is 0.105. The van der Waals surface area contributed by atoms with Gasteiger partial charge in [-0.3, -0.25) is 4.79 Å². The van der Waals surface area contributed by atoms with Gasteiger partial charge >= 0.3 is 5.97 Å². The lowest BCUT2D eigenvalue weighted by Crippen LogP contribution is -2.21. The molecule has 1 aromatic heterocycles. The Kier molecular flexibility index (Phi) is 6.05. The molecule has 2 aromatic carbocycles. The number of carbonyl (C=O) groups excluding carboxylic acids is 2. The summed E-state index contributed by atoms with van der Waals surface area (Å²) in [6, 6.07) is 11.6. The van der Waals surface area contributed by atoms with E-state index in [1.54, 1.807) is 25.3 Å². The first kappa shape index (κ1) is 20.0. The van der Waals surface area contributed by atoms with Gasteiger partial charge in [0, 0.05) is 15.1 Å². The van der Waals surface area contributed by atoms with Crippen LogP contribution in [0.1, 0.15) is 15.2 Å². The number of halogens is 2. The van der Waals surface area contributed by atoms with Crippen LogP contribution < -0.4 is 10.1 Å². The van der Waals surface area contributed by atoms with Crippen molar-refractivity contribution in [3.05, 3.63) is 56.9 Å². The first-order valence-electron chi connectivity index (χ1n) is 7.85. The van der Waals surface area contributed by atoms with Crippen LogP contribution in [-0.4, -0.2) is 25.6 Å². The van der Waals surface area contributed by atoms with Crippen molar-refractivity contribution < 1.29 is 19.1 Å². The van der Waals surface area contributed by atoms with Gasteiger partial charge in [-0.2, -0.15) is 5.26 Å². The summed E-state index contributed by atoms with van der Waals surface area (Å²) in [7, 11) is 1.54.